The molecule has 0 aliphatic heterocycles. The second-order valence-corrected chi connectivity index (χ2v) is 6.01. The van der Waals surface area contributed by atoms with Crippen LogP contribution in [0.2, 0.25) is 0 Å². The lowest BCUT2D eigenvalue weighted by molar-refractivity contribution is 0.285. The van der Waals surface area contributed by atoms with E-state index in [2.05, 4.69) is 13.8 Å². The molecule has 3 nitrogen and oxygen atoms in total. The Morgan fingerprint density at radius 1 is 1.24 bits per heavy atom. The van der Waals surface area contributed by atoms with Crippen LogP contribution in [0.15, 0.2) is 29.2 Å². The molecule has 0 heterocycles. The molecule has 0 N–H and O–H groups in total. The molecule has 0 bridgehead atoms. The van der Waals surface area contributed by atoms with Gasteiger partial charge in [-0.3, -0.25) is 4.18 Å². The Morgan fingerprint density at radius 3 is 2.35 bits per heavy atom. The first-order valence-corrected chi connectivity index (χ1v) is 7.32. The van der Waals surface area contributed by atoms with Crippen molar-refractivity contribution in [1.82, 2.24) is 0 Å². The molecule has 96 valence electrons. The van der Waals surface area contributed by atoms with Crippen LogP contribution in [0.1, 0.15) is 32.3 Å². The first-order valence-electron chi connectivity index (χ1n) is 5.92. The predicted octanol–water partition coefficient (Wildman–Crippen LogP) is 3.14. The van der Waals surface area contributed by atoms with E-state index in [0.29, 0.717) is 5.92 Å². The maximum atomic E-state index is 11.8. The van der Waals surface area contributed by atoms with E-state index in [4.69, 9.17) is 4.18 Å². The van der Waals surface area contributed by atoms with Gasteiger partial charge in [0.1, 0.15) is 0 Å². The molecule has 0 spiro atoms. The molecule has 1 aromatic carbocycles. The first-order chi connectivity index (χ1) is 7.95. The number of benzene rings is 1. The van der Waals surface area contributed by atoms with Gasteiger partial charge in [0.15, 0.2) is 0 Å². The van der Waals surface area contributed by atoms with Crippen LogP contribution in [0.3, 0.4) is 0 Å². The third kappa shape index (κ3) is 4.48. The zero-order valence-electron chi connectivity index (χ0n) is 10.6. The molecule has 0 aliphatic carbocycles. The molecule has 1 rings (SSSR count). The minimum atomic E-state index is -3.58. The topological polar surface area (TPSA) is 43.4 Å². The summed E-state index contributed by atoms with van der Waals surface area (Å²) in [6.45, 7) is 6.34. The van der Waals surface area contributed by atoms with Crippen LogP contribution in [0.25, 0.3) is 0 Å². The quantitative estimate of drug-likeness (QED) is 0.734. The average molecular weight is 256 g/mol. The van der Waals surface area contributed by atoms with Gasteiger partial charge in [0.2, 0.25) is 0 Å². The van der Waals surface area contributed by atoms with Crippen molar-refractivity contribution in [1.29, 1.82) is 0 Å². The van der Waals surface area contributed by atoms with Crippen LogP contribution >= 0.6 is 0 Å². The molecular formula is C13H20O3S. The number of hydrogen-bond donors (Lipinski definition) is 0. The molecular weight excluding hydrogens is 236 g/mol. The Labute approximate surface area is 104 Å². The van der Waals surface area contributed by atoms with Gasteiger partial charge >= 0.3 is 0 Å². The highest BCUT2D eigenvalue weighted by Gasteiger charge is 2.14. The smallest absolute Gasteiger partial charge is 0.266 e. The first kappa shape index (κ1) is 14.2. The van der Waals surface area contributed by atoms with Crippen molar-refractivity contribution in [2.24, 2.45) is 5.92 Å². The second kappa shape index (κ2) is 6.17. The van der Waals surface area contributed by atoms with Crippen LogP contribution in [-0.4, -0.2) is 15.0 Å². The van der Waals surface area contributed by atoms with Gasteiger partial charge < -0.3 is 0 Å². The van der Waals surface area contributed by atoms with Gasteiger partial charge in [-0.2, -0.15) is 8.42 Å². The molecule has 0 saturated carbocycles. The lowest BCUT2D eigenvalue weighted by atomic mass is 10.1. The Kier molecular flexibility index (Phi) is 5.15. The molecule has 1 aromatic rings. The van der Waals surface area contributed by atoms with E-state index in [-0.39, 0.29) is 11.5 Å². The molecule has 0 radical (unpaired) electrons. The van der Waals surface area contributed by atoms with E-state index in [1.165, 1.54) is 0 Å². The summed E-state index contributed by atoms with van der Waals surface area (Å²) in [6.07, 6.45) is 1.80. The fraction of sp³-hybridized carbons (Fsp3) is 0.538. The SMILES string of the molecule is CC[C@@H](C)CCOS(=O)(=O)c1ccc(C)cc1. The summed E-state index contributed by atoms with van der Waals surface area (Å²) in [4.78, 5) is 0.229. The van der Waals surface area contributed by atoms with Crippen LogP contribution in [0, 0.1) is 12.8 Å². The molecule has 0 unspecified atom stereocenters. The fourth-order valence-corrected chi connectivity index (χ4v) is 2.26. The Bertz CT molecular complexity index is 434. The highest BCUT2D eigenvalue weighted by atomic mass is 32.2. The maximum Gasteiger partial charge on any atom is 0.296 e. The van der Waals surface area contributed by atoms with E-state index in [0.717, 1.165) is 18.4 Å². The minimum Gasteiger partial charge on any atom is -0.266 e. The van der Waals surface area contributed by atoms with Gasteiger partial charge in [-0.05, 0) is 31.4 Å². The number of aryl methyl sites for hydroxylation is 1. The molecule has 0 aromatic heterocycles. The van der Waals surface area contributed by atoms with Crippen molar-refractivity contribution < 1.29 is 12.6 Å². The zero-order chi connectivity index (χ0) is 12.9. The third-order valence-corrected chi connectivity index (χ3v) is 4.18. The molecule has 0 amide bonds. The van der Waals surface area contributed by atoms with Gasteiger partial charge in [-0.15, -0.1) is 0 Å². The molecule has 1 atom stereocenters. The Hall–Kier alpha value is -0.870. The van der Waals surface area contributed by atoms with Gasteiger partial charge in [-0.1, -0.05) is 38.0 Å². The summed E-state index contributed by atoms with van der Waals surface area (Å²) in [5.41, 5.74) is 1.03. The lowest BCUT2D eigenvalue weighted by Gasteiger charge is -2.09. The highest BCUT2D eigenvalue weighted by molar-refractivity contribution is 7.86. The standard InChI is InChI=1S/C13H20O3S/c1-4-11(2)9-10-16-17(14,15)13-7-5-12(3)6-8-13/h5-8,11H,4,9-10H2,1-3H3/t11-/m1/s1. The van der Waals surface area contributed by atoms with E-state index in [1.54, 1.807) is 24.3 Å². The van der Waals surface area contributed by atoms with Crippen LogP contribution < -0.4 is 0 Å². The van der Waals surface area contributed by atoms with Crippen LogP contribution in [-0.2, 0) is 14.3 Å². The maximum absolute atomic E-state index is 11.8. The zero-order valence-corrected chi connectivity index (χ0v) is 11.5. The molecule has 0 aliphatic rings. The van der Waals surface area contributed by atoms with Crippen molar-refractivity contribution in [3.8, 4) is 0 Å². The van der Waals surface area contributed by atoms with Gasteiger partial charge in [0, 0.05) is 0 Å². The molecule has 0 fully saturated rings. The minimum absolute atomic E-state index is 0.229. The van der Waals surface area contributed by atoms with Crippen molar-refractivity contribution in [3.63, 3.8) is 0 Å². The van der Waals surface area contributed by atoms with E-state index < -0.39 is 10.1 Å². The van der Waals surface area contributed by atoms with Gasteiger partial charge in [0.25, 0.3) is 10.1 Å². The van der Waals surface area contributed by atoms with Gasteiger partial charge in [0.05, 0.1) is 11.5 Å². The van der Waals surface area contributed by atoms with E-state index in [9.17, 15) is 8.42 Å². The second-order valence-electron chi connectivity index (χ2n) is 4.39. The Morgan fingerprint density at radius 2 is 1.82 bits per heavy atom. The van der Waals surface area contributed by atoms with E-state index >= 15 is 0 Å². The highest BCUT2D eigenvalue weighted by Crippen LogP contribution is 2.15. The number of rotatable bonds is 6. The fourth-order valence-electron chi connectivity index (χ4n) is 1.34. The van der Waals surface area contributed by atoms with Crippen molar-refractivity contribution >= 4 is 10.1 Å². The number of hydrogen-bond acceptors (Lipinski definition) is 3. The van der Waals surface area contributed by atoms with E-state index in [1.807, 2.05) is 6.92 Å². The largest absolute Gasteiger partial charge is 0.296 e. The van der Waals surface area contributed by atoms with Gasteiger partial charge in [-0.25, -0.2) is 0 Å². The molecule has 4 heteroatoms. The average Bonchev–Trinajstić information content (AvgIpc) is 2.29. The van der Waals surface area contributed by atoms with Crippen molar-refractivity contribution in [2.75, 3.05) is 6.61 Å². The van der Waals surface area contributed by atoms with Crippen molar-refractivity contribution in [2.45, 2.75) is 38.5 Å². The lowest BCUT2D eigenvalue weighted by Crippen LogP contribution is -2.09. The van der Waals surface area contributed by atoms with Crippen LogP contribution in [0.5, 0.6) is 0 Å². The normalized spacial score (nSPS) is 13.6. The van der Waals surface area contributed by atoms with Crippen LogP contribution in [0.4, 0.5) is 0 Å². The predicted molar refractivity (Wildman–Crippen MR) is 68.4 cm³/mol. The summed E-state index contributed by atoms with van der Waals surface area (Å²) in [5.74, 6) is 0.489. The summed E-state index contributed by atoms with van der Waals surface area (Å²) in [6, 6.07) is 6.69. The summed E-state index contributed by atoms with van der Waals surface area (Å²) in [5, 5.41) is 0. The van der Waals surface area contributed by atoms with Crippen molar-refractivity contribution in [3.05, 3.63) is 29.8 Å². The summed E-state index contributed by atoms with van der Waals surface area (Å²) < 4.78 is 28.6. The summed E-state index contributed by atoms with van der Waals surface area (Å²) in [7, 11) is -3.58. The molecule has 0 saturated heterocycles. The Balaban J connectivity index is 2.60. The molecule has 17 heavy (non-hydrogen) atoms. The monoisotopic (exact) mass is 256 g/mol. The third-order valence-electron chi connectivity index (χ3n) is 2.86. The summed E-state index contributed by atoms with van der Waals surface area (Å²) >= 11 is 0.